The molecule has 0 aromatic rings. The summed E-state index contributed by atoms with van der Waals surface area (Å²) in [6, 6.07) is 0. The molecule has 3 nitrogen and oxygen atoms in total. The molecular weight excluding hydrogens is 133 g/mol. The average Bonchev–Trinajstić information content (AvgIpc) is 2.12. The van der Waals surface area contributed by atoms with Crippen molar-refractivity contribution in [1.82, 2.24) is 4.90 Å². The Bertz CT molecular complexity index is 164. The lowest BCUT2D eigenvalue weighted by molar-refractivity contribution is -0.487. The van der Waals surface area contributed by atoms with Crippen LogP contribution < -0.4 is 0 Å². The van der Waals surface area contributed by atoms with Gasteiger partial charge in [0.2, 0.25) is 0 Å². The lowest BCUT2D eigenvalue weighted by Gasteiger charge is -1.98. The molecular formula is C5H11N3P+. The lowest BCUT2D eigenvalue weighted by Crippen LogP contribution is -2.21. The highest BCUT2D eigenvalue weighted by Crippen LogP contribution is 1.98. The highest BCUT2D eigenvalue weighted by atomic mass is 31.0. The van der Waals surface area contributed by atoms with Crippen LogP contribution in [0.3, 0.4) is 0 Å². The van der Waals surface area contributed by atoms with Crippen LogP contribution in [0.15, 0.2) is 4.74 Å². The van der Waals surface area contributed by atoms with E-state index < -0.39 is 0 Å². The van der Waals surface area contributed by atoms with E-state index in [0.717, 1.165) is 19.0 Å². The van der Waals surface area contributed by atoms with Gasteiger partial charge in [0, 0.05) is 0 Å². The normalized spacial score (nSPS) is 19.1. The number of hydrogen-bond donors (Lipinski definition) is 0. The van der Waals surface area contributed by atoms with Crippen molar-refractivity contribution >= 4 is 15.0 Å². The maximum absolute atomic E-state index is 3.92. The molecule has 0 N–H and O–H groups in total. The molecule has 0 amide bonds. The smallest absolute Gasteiger partial charge is 0.261 e. The standard InChI is InChI=1S/C5H11N3P/c1-7-3-4-8(2)5(7)6-9/h9H,3-4H2,1-2H3/q+1. The summed E-state index contributed by atoms with van der Waals surface area (Å²) in [6.07, 6.45) is 0. The summed E-state index contributed by atoms with van der Waals surface area (Å²) in [6.45, 7) is 2.14. The number of likely N-dealkylation sites (N-methyl/N-ethyl adjacent to an activating group) is 2. The van der Waals surface area contributed by atoms with Gasteiger partial charge in [0.1, 0.15) is 0 Å². The predicted molar refractivity (Wildman–Crippen MR) is 39.4 cm³/mol. The third-order valence-corrected chi connectivity index (χ3v) is 1.75. The van der Waals surface area contributed by atoms with Gasteiger partial charge in [-0.25, -0.2) is 0 Å². The summed E-state index contributed by atoms with van der Waals surface area (Å²) in [4.78, 5) is 2.10. The third-order valence-electron chi connectivity index (χ3n) is 1.55. The van der Waals surface area contributed by atoms with Crippen LogP contribution in [0.1, 0.15) is 0 Å². The Labute approximate surface area is 57.3 Å². The van der Waals surface area contributed by atoms with Crippen molar-refractivity contribution in [3.05, 3.63) is 0 Å². The molecule has 0 radical (unpaired) electrons. The summed E-state index contributed by atoms with van der Waals surface area (Å²) >= 11 is 0. The second kappa shape index (κ2) is 2.44. The largest absolute Gasteiger partial charge is 0.392 e. The predicted octanol–water partition coefficient (Wildman–Crippen LogP) is 0.256. The van der Waals surface area contributed by atoms with Gasteiger partial charge < -0.3 is 0 Å². The van der Waals surface area contributed by atoms with Crippen molar-refractivity contribution < 1.29 is 4.58 Å². The molecule has 0 fully saturated rings. The molecule has 1 heterocycles. The monoisotopic (exact) mass is 144 g/mol. The first-order valence-electron chi connectivity index (χ1n) is 2.92. The fourth-order valence-corrected chi connectivity index (χ4v) is 1.30. The minimum atomic E-state index is 1.01. The Kier molecular flexibility index (Phi) is 1.81. The first kappa shape index (κ1) is 6.69. The molecule has 0 aromatic heterocycles. The van der Waals surface area contributed by atoms with E-state index in [4.69, 9.17) is 0 Å². The van der Waals surface area contributed by atoms with Crippen molar-refractivity contribution in [2.45, 2.75) is 0 Å². The zero-order valence-corrected chi connectivity index (χ0v) is 6.76. The first-order chi connectivity index (χ1) is 4.25. The van der Waals surface area contributed by atoms with Crippen LogP contribution >= 0.6 is 9.03 Å². The number of nitrogens with zero attached hydrogens (tertiary/aromatic N) is 3. The van der Waals surface area contributed by atoms with Crippen LogP contribution in [0.4, 0.5) is 0 Å². The molecule has 0 bridgehead atoms. The molecule has 0 atom stereocenters. The summed E-state index contributed by atoms with van der Waals surface area (Å²) in [5.41, 5.74) is 0. The summed E-state index contributed by atoms with van der Waals surface area (Å²) in [7, 11) is 7.17. The fourth-order valence-electron chi connectivity index (χ4n) is 0.962. The SMILES string of the molecule is CN1CC[N+](C)=C1N=P. The minimum absolute atomic E-state index is 1.01. The molecule has 1 rings (SSSR count). The molecule has 4 heteroatoms. The Morgan fingerprint density at radius 1 is 1.78 bits per heavy atom. The van der Waals surface area contributed by atoms with Crippen molar-refractivity contribution in [3.8, 4) is 0 Å². The summed E-state index contributed by atoms with van der Waals surface area (Å²) < 4.78 is 6.03. The van der Waals surface area contributed by atoms with Gasteiger partial charge in [-0.3, -0.25) is 9.48 Å². The molecule has 0 saturated heterocycles. The van der Waals surface area contributed by atoms with Gasteiger partial charge in [0.05, 0.1) is 36.2 Å². The zero-order chi connectivity index (χ0) is 6.85. The molecule has 50 valence electrons. The highest BCUT2D eigenvalue weighted by molar-refractivity contribution is 7.04. The van der Waals surface area contributed by atoms with Gasteiger partial charge in [0.15, 0.2) is 0 Å². The average molecular weight is 144 g/mol. The van der Waals surface area contributed by atoms with Crippen LogP contribution in [0.25, 0.3) is 0 Å². The van der Waals surface area contributed by atoms with Crippen LogP contribution in [0, 0.1) is 0 Å². The third kappa shape index (κ3) is 1.11. The van der Waals surface area contributed by atoms with Crippen molar-refractivity contribution in [1.29, 1.82) is 0 Å². The van der Waals surface area contributed by atoms with Crippen LogP contribution in [0.5, 0.6) is 0 Å². The van der Waals surface area contributed by atoms with E-state index in [1.807, 2.05) is 14.1 Å². The van der Waals surface area contributed by atoms with E-state index >= 15 is 0 Å². The van der Waals surface area contributed by atoms with Gasteiger partial charge in [-0.2, -0.15) is 0 Å². The zero-order valence-electron chi connectivity index (χ0n) is 5.76. The Balaban J connectivity index is 2.81. The molecule has 9 heavy (non-hydrogen) atoms. The lowest BCUT2D eigenvalue weighted by atomic mass is 10.6. The number of rotatable bonds is 0. The second-order valence-corrected chi connectivity index (χ2v) is 2.48. The molecule has 1 aliphatic rings. The van der Waals surface area contributed by atoms with Crippen molar-refractivity contribution in [2.75, 3.05) is 27.2 Å². The van der Waals surface area contributed by atoms with Crippen LogP contribution in [0.2, 0.25) is 0 Å². The van der Waals surface area contributed by atoms with E-state index in [9.17, 15) is 0 Å². The maximum Gasteiger partial charge on any atom is 0.392 e. The van der Waals surface area contributed by atoms with E-state index in [-0.39, 0.29) is 0 Å². The first-order valence-corrected chi connectivity index (χ1v) is 3.37. The highest BCUT2D eigenvalue weighted by Gasteiger charge is 2.22. The van der Waals surface area contributed by atoms with Crippen molar-refractivity contribution in [2.24, 2.45) is 4.74 Å². The van der Waals surface area contributed by atoms with Gasteiger partial charge in [0.25, 0.3) is 0 Å². The molecule has 0 spiro atoms. The van der Waals surface area contributed by atoms with E-state index in [1.165, 1.54) is 0 Å². The van der Waals surface area contributed by atoms with Gasteiger partial charge in [-0.1, -0.05) is 4.74 Å². The Morgan fingerprint density at radius 3 is 2.67 bits per heavy atom. The quantitative estimate of drug-likeness (QED) is 0.352. The van der Waals surface area contributed by atoms with E-state index in [2.05, 4.69) is 23.3 Å². The van der Waals surface area contributed by atoms with Gasteiger partial charge >= 0.3 is 5.96 Å². The summed E-state index contributed by atoms with van der Waals surface area (Å²) in [5, 5.41) is 0. The maximum atomic E-state index is 3.92. The molecule has 0 unspecified atom stereocenters. The minimum Gasteiger partial charge on any atom is -0.261 e. The number of hydrogen-bond acceptors (Lipinski definition) is 2. The van der Waals surface area contributed by atoms with E-state index in [0.29, 0.717) is 0 Å². The molecule has 1 aliphatic heterocycles. The van der Waals surface area contributed by atoms with Crippen LogP contribution in [-0.2, 0) is 0 Å². The number of guanidine groups is 1. The summed E-state index contributed by atoms with van der Waals surface area (Å²) in [5.74, 6) is 1.01. The second-order valence-electron chi connectivity index (χ2n) is 2.25. The van der Waals surface area contributed by atoms with Crippen molar-refractivity contribution in [3.63, 3.8) is 0 Å². The molecule has 0 aliphatic carbocycles. The Hall–Kier alpha value is -0.430. The van der Waals surface area contributed by atoms with Gasteiger partial charge in [-0.05, 0) is 0 Å². The molecule has 0 aromatic carbocycles. The van der Waals surface area contributed by atoms with Gasteiger partial charge in [-0.15, -0.1) is 0 Å². The fraction of sp³-hybridized carbons (Fsp3) is 0.800. The Morgan fingerprint density at radius 2 is 2.44 bits per heavy atom. The van der Waals surface area contributed by atoms with Crippen LogP contribution in [-0.4, -0.2) is 42.6 Å². The molecule has 0 saturated carbocycles. The van der Waals surface area contributed by atoms with E-state index in [1.54, 1.807) is 0 Å². The topological polar surface area (TPSA) is 18.6 Å².